The number of nitrogens with one attached hydrogen (secondary N) is 1. The highest BCUT2D eigenvalue weighted by molar-refractivity contribution is 7.18. The number of pyridine rings is 1. The van der Waals surface area contributed by atoms with Crippen LogP contribution in [0.3, 0.4) is 0 Å². The molecule has 33 heavy (non-hydrogen) atoms. The number of rotatable bonds is 6. The maximum Gasteiger partial charge on any atom is 0.287 e. The first kappa shape index (κ1) is 21.3. The van der Waals surface area contributed by atoms with Crippen molar-refractivity contribution in [1.29, 1.82) is 0 Å². The van der Waals surface area contributed by atoms with Gasteiger partial charge in [0.1, 0.15) is 0 Å². The number of fused-ring (bicyclic) bond motifs is 2. The molecule has 2 amide bonds. The summed E-state index contributed by atoms with van der Waals surface area (Å²) in [5.74, 6) is 0.169. The summed E-state index contributed by atoms with van der Waals surface area (Å²) in [5.41, 5.74) is 5.13. The lowest BCUT2D eigenvalue weighted by atomic mass is 9.94. The Labute approximate surface area is 195 Å². The molecule has 8 heteroatoms. The van der Waals surface area contributed by atoms with Crippen molar-refractivity contribution in [3.05, 3.63) is 82.0 Å². The third-order valence-corrected chi connectivity index (χ3v) is 7.11. The molecule has 0 bridgehead atoms. The van der Waals surface area contributed by atoms with Gasteiger partial charge in [-0.2, -0.15) is 0 Å². The average Bonchev–Trinajstić information content (AvgIpc) is 3.51. The summed E-state index contributed by atoms with van der Waals surface area (Å²) in [6.45, 7) is 3.53. The van der Waals surface area contributed by atoms with E-state index < -0.39 is 0 Å². The van der Waals surface area contributed by atoms with E-state index in [0.717, 1.165) is 38.5 Å². The summed E-state index contributed by atoms with van der Waals surface area (Å²) in [6, 6.07) is 11.4. The first-order chi connectivity index (χ1) is 16.1. The first-order valence-corrected chi connectivity index (χ1v) is 11.8. The Hall–Kier alpha value is -3.52. The Morgan fingerprint density at radius 2 is 2.09 bits per heavy atom. The number of benzene rings is 1. The number of aryl methyl sites for hydroxylation is 2. The number of thiazole rings is 1. The number of hydrogen-bond acceptors (Lipinski definition) is 6. The molecule has 0 saturated carbocycles. The van der Waals surface area contributed by atoms with Gasteiger partial charge in [-0.3, -0.25) is 14.6 Å². The molecule has 0 saturated heterocycles. The maximum atomic E-state index is 12.9. The Morgan fingerprint density at radius 1 is 1.21 bits per heavy atom. The molecule has 0 unspecified atom stereocenters. The van der Waals surface area contributed by atoms with Gasteiger partial charge in [-0.05, 0) is 54.3 Å². The Kier molecular flexibility index (Phi) is 5.92. The van der Waals surface area contributed by atoms with Crippen molar-refractivity contribution < 1.29 is 14.0 Å². The highest BCUT2D eigenvalue weighted by Gasteiger charge is 2.24. The molecule has 1 aliphatic rings. The van der Waals surface area contributed by atoms with Gasteiger partial charge in [0, 0.05) is 44.4 Å². The second-order valence-electron chi connectivity index (χ2n) is 8.13. The second kappa shape index (κ2) is 9.15. The lowest BCUT2D eigenvalue weighted by Crippen LogP contribution is -2.37. The summed E-state index contributed by atoms with van der Waals surface area (Å²) < 4.78 is 6.32. The summed E-state index contributed by atoms with van der Waals surface area (Å²) in [4.78, 5) is 36.2. The first-order valence-electron chi connectivity index (χ1n) is 11.0. The minimum absolute atomic E-state index is 0.133. The van der Waals surface area contributed by atoms with Crippen molar-refractivity contribution in [1.82, 2.24) is 20.2 Å². The van der Waals surface area contributed by atoms with Crippen molar-refractivity contribution in [2.45, 2.75) is 39.3 Å². The zero-order valence-corrected chi connectivity index (χ0v) is 19.2. The fraction of sp³-hybridized carbons (Fsp3) is 0.280. The van der Waals surface area contributed by atoms with E-state index in [9.17, 15) is 9.59 Å². The van der Waals surface area contributed by atoms with E-state index in [1.54, 1.807) is 23.5 Å². The topological polar surface area (TPSA) is 88.3 Å². The molecule has 5 rings (SSSR count). The number of hydrogen-bond donors (Lipinski definition) is 1. The number of nitrogens with zero attached hydrogens (tertiary/aromatic N) is 3. The summed E-state index contributed by atoms with van der Waals surface area (Å²) >= 11 is 1.65. The molecule has 7 nitrogen and oxygen atoms in total. The normalized spacial score (nSPS) is 13.2. The van der Waals surface area contributed by atoms with Crippen molar-refractivity contribution in [2.24, 2.45) is 0 Å². The fourth-order valence-corrected chi connectivity index (χ4v) is 5.20. The van der Waals surface area contributed by atoms with Gasteiger partial charge in [0.05, 0.1) is 21.5 Å². The van der Waals surface area contributed by atoms with Crippen molar-refractivity contribution in [3.8, 4) is 0 Å². The number of carbonyl (C=O) groups is 2. The van der Waals surface area contributed by atoms with E-state index in [0.29, 0.717) is 32.5 Å². The fourth-order valence-electron chi connectivity index (χ4n) is 4.23. The molecule has 0 fully saturated rings. The zero-order valence-electron chi connectivity index (χ0n) is 18.3. The predicted octanol–water partition coefficient (Wildman–Crippen LogP) is 4.04. The minimum atomic E-state index is -0.250. The summed E-state index contributed by atoms with van der Waals surface area (Å²) in [5, 5.41) is 3.91. The highest BCUT2D eigenvalue weighted by Crippen LogP contribution is 2.26. The monoisotopic (exact) mass is 460 g/mol. The largest absolute Gasteiger partial charge is 0.459 e. The van der Waals surface area contributed by atoms with Crippen LogP contribution in [-0.2, 0) is 30.7 Å². The molecule has 3 aromatic heterocycles. The molecule has 1 aliphatic heterocycles. The molecule has 0 aliphatic carbocycles. The standard InChI is InChI=1S/C25H24N4O3S/c1-16-19(14-27-25(31)21-6-4-12-32-21)18-10-11-29(15-17(18)13-26-16)24(30)9-8-23-28-20-5-2-3-7-22(20)33-23/h2-7,12-13H,8-11,14-15H2,1H3,(H,27,31). The van der Waals surface area contributed by atoms with E-state index >= 15 is 0 Å². The van der Waals surface area contributed by atoms with Crippen LogP contribution in [-0.4, -0.2) is 33.2 Å². The number of carbonyl (C=O) groups excluding carboxylic acids is 2. The van der Waals surface area contributed by atoms with E-state index in [4.69, 9.17) is 4.42 Å². The second-order valence-corrected chi connectivity index (χ2v) is 9.24. The van der Waals surface area contributed by atoms with E-state index in [1.165, 1.54) is 11.8 Å². The lowest BCUT2D eigenvalue weighted by molar-refractivity contribution is -0.132. The quantitative estimate of drug-likeness (QED) is 0.469. The van der Waals surface area contributed by atoms with Crippen LogP contribution in [0, 0.1) is 6.92 Å². The van der Waals surface area contributed by atoms with Gasteiger partial charge in [-0.1, -0.05) is 12.1 Å². The van der Waals surface area contributed by atoms with Crippen LogP contribution in [0.15, 0.2) is 53.3 Å². The van der Waals surface area contributed by atoms with Gasteiger partial charge in [-0.15, -0.1) is 11.3 Å². The van der Waals surface area contributed by atoms with Gasteiger partial charge >= 0.3 is 0 Å². The molecule has 168 valence electrons. The average molecular weight is 461 g/mol. The van der Waals surface area contributed by atoms with Crippen LogP contribution in [0.5, 0.6) is 0 Å². The number of para-hydroxylation sites is 1. The molecule has 4 aromatic rings. The highest BCUT2D eigenvalue weighted by atomic mass is 32.1. The SMILES string of the molecule is Cc1ncc2c(c1CNC(=O)c1ccco1)CCN(C(=O)CCc1nc3ccccc3s1)C2. The van der Waals surface area contributed by atoms with Crippen LogP contribution >= 0.6 is 11.3 Å². The van der Waals surface area contributed by atoms with Crippen LogP contribution in [0.25, 0.3) is 10.2 Å². The van der Waals surface area contributed by atoms with Gasteiger partial charge in [0.2, 0.25) is 5.91 Å². The molecule has 0 radical (unpaired) electrons. The van der Waals surface area contributed by atoms with E-state index in [1.807, 2.05) is 36.2 Å². The lowest BCUT2D eigenvalue weighted by Gasteiger charge is -2.30. The molecule has 4 heterocycles. The Balaban J connectivity index is 1.23. The Bertz CT molecular complexity index is 1280. The van der Waals surface area contributed by atoms with Crippen molar-refractivity contribution in [2.75, 3.05) is 6.54 Å². The molecule has 0 atom stereocenters. The molecule has 1 aromatic carbocycles. The molecular weight excluding hydrogens is 436 g/mol. The summed E-state index contributed by atoms with van der Waals surface area (Å²) in [7, 11) is 0. The maximum absolute atomic E-state index is 12.9. The van der Waals surface area contributed by atoms with Gasteiger partial charge in [-0.25, -0.2) is 4.98 Å². The third-order valence-electron chi connectivity index (χ3n) is 6.01. The minimum Gasteiger partial charge on any atom is -0.459 e. The van der Waals surface area contributed by atoms with Gasteiger partial charge in [0.25, 0.3) is 5.91 Å². The molecule has 1 N–H and O–H groups in total. The predicted molar refractivity (Wildman–Crippen MR) is 126 cm³/mol. The van der Waals surface area contributed by atoms with Crippen LogP contribution in [0.4, 0.5) is 0 Å². The number of amides is 2. The van der Waals surface area contributed by atoms with Crippen molar-refractivity contribution in [3.63, 3.8) is 0 Å². The number of furan rings is 1. The molecule has 0 spiro atoms. The van der Waals surface area contributed by atoms with Crippen molar-refractivity contribution >= 4 is 33.4 Å². The Morgan fingerprint density at radius 3 is 2.91 bits per heavy atom. The zero-order chi connectivity index (χ0) is 22.8. The van der Waals surface area contributed by atoms with E-state index in [-0.39, 0.29) is 17.6 Å². The summed E-state index contributed by atoms with van der Waals surface area (Å²) in [6.07, 6.45) is 5.18. The van der Waals surface area contributed by atoms with Gasteiger partial charge < -0.3 is 14.6 Å². The molecular formula is C25H24N4O3S. The van der Waals surface area contributed by atoms with Crippen LogP contribution in [0.2, 0.25) is 0 Å². The smallest absolute Gasteiger partial charge is 0.287 e. The third kappa shape index (κ3) is 4.52. The number of aromatic nitrogens is 2. The van der Waals surface area contributed by atoms with E-state index in [2.05, 4.69) is 21.4 Å². The van der Waals surface area contributed by atoms with Crippen LogP contribution in [0.1, 0.15) is 44.4 Å². The van der Waals surface area contributed by atoms with Crippen LogP contribution < -0.4 is 5.32 Å². The van der Waals surface area contributed by atoms with Gasteiger partial charge in [0.15, 0.2) is 5.76 Å².